The molecular weight excluding hydrogens is 379 g/mol. The summed E-state index contributed by atoms with van der Waals surface area (Å²) in [7, 11) is 0. The Morgan fingerprint density at radius 1 is 1.21 bits per heavy atom. The van der Waals surface area contributed by atoms with Gasteiger partial charge in [0.25, 0.3) is 0 Å². The van der Waals surface area contributed by atoms with Crippen molar-refractivity contribution in [3.8, 4) is 16.3 Å². The quantitative estimate of drug-likeness (QED) is 0.538. The average Bonchev–Trinajstić information content (AvgIpc) is 3.15. The SMILES string of the molecule is CCOC(=O)c1nnc(OC2CCCCC2)c2cc(-c3cccc(F)c3)sc12. The van der Waals surface area contributed by atoms with Crippen molar-refractivity contribution in [3.63, 3.8) is 0 Å². The van der Waals surface area contributed by atoms with Crippen LogP contribution in [0.25, 0.3) is 20.5 Å². The van der Waals surface area contributed by atoms with E-state index in [-0.39, 0.29) is 24.2 Å². The van der Waals surface area contributed by atoms with E-state index in [1.807, 2.05) is 12.1 Å². The molecule has 0 radical (unpaired) electrons. The predicted molar refractivity (Wildman–Crippen MR) is 106 cm³/mol. The molecule has 2 heterocycles. The molecule has 0 aliphatic heterocycles. The summed E-state index contributed by atoms with van der Waals surface area (Å²) >= 11 is 1.37. The fraction of sp³-hybridized carbons (Fsp3) is 0.381. The van der Waals surface area contributed by atoms with E-state index in [4.69, 9.17) is 9.47 Å². The zero-order chi connectivity index (χ0) is 19.5. The van der Waals surface area contributed by atoms with Gasteiger partial charge in [-0.15, -0.1) is 21.5 Å². The highest BCUT2D eigenvalue weighted by atomic mass is 32.1. The normalized spacial score (nSPS) is 14.9. The van der Waals surface area contributed by atoms with E-state index in [1.54, 1.807) is 13.0 Å². The molecule has 7 heteroatoms. The molecule has 1 aromatic carbocycles. The first-order chi connectivity index (χ1) is 13.7. The van der Waals surface area contributed by atoms with Gasteiger partial charge < -0.3 is 9.47 Å². The zero-order valence-corrected chi connectivity index (χ0v) is 16.4. The number of fused-ring (bicyclic) bond motifs is 1. The lowest BCUT2D eigenvalue weighted by atomic mass is 9.98. The molecule has 1 aliphatic rings. The average molecular weight is 400 g/mol. The Balaban J connectivity index is 1.79. The van der Waals surface area contributed by atoms with Gasteiger partial charge in [-0.3, -0.25) is 0 Å². The highest BCUT2D eigenvalue weighted by Crippen LogP contribution is 2.39. The van der Waals surface area contributed by atoms with Crippen molar-refractivity contribution in [1.82, 2.24) is 10.2 Å². The van der Waals surface area contributed by atoms with Gasteiger partial charge in [0.2, 0.25) is 5.88 Å². The zero-order valence-electron chi connectivity index (χ0n) is 15.6. The van der Waals surface area contributed by atoms with E-state index in [0.29, 0.717) is 16.0 Å². The third-order valence-corrected chi connectivity index (χ3v) is 6.02. The Morgan fingerprint density at radius 2 is 2.04 bits per heavy atom. The van der Waals surface area contributed by atoms with Crippen LogP contribution in [0.2, 0.25) is 0 Å². The fourth-order valence-corrected chi connectivity index (χ4v) is 4.58. The number of halogens is 1. The minimum atomic E-state index is -0.517. The summed E-state index contributed by atoms with van der Waals surface area (Å²) in [5, 5.41) is 9.01. The summed E-state index contributed by atoms with van der Waals surface area (Å²) in [4.78, 5) is 13.2. The maximum atomic E-state index is 13.7. The topological polar surface area (TPSA) is 61.3 Å². The third kappa shape index (κ3) is 3.85. The van der Waals surface area contributed by atoms with E-state index in [1.165, 1.54) is 29.9 Å². The number of hydrogen-bond acceptors (Lipinski definition) is 6. The smallest absolute Gasteiger partial charge is 0.360 e. The second-order valence-electron chi connectivity index (χ2n) is 6.82. The van der Waals surface area contributed by atoms with Crippen molar-refractivity contribution in [2.45, 2.75) is 45.1 Å². The van der Waals surface area contributed by atoms with Crippen molar-refractivity contribution in [2.24, 2.45) is 0 Å². The molecule has 4 rings (SSSR count). The van der Waals surface area contributed by atoms with Crippen LogP contribution in [0.1, 0.15) is 49.5 Å². The molecule has 0 spiro atoms. The number of carbonyl (C=O) groups is 1. The molecule has 0 amide bonds. The maximum absolute atomic E-state index is 13.7. The largest absolute Gasteiger partial charge is 0.473 e. The lowest BCUT2D eigenvalue weighted by Gasteiger charge is -2.22. The molecule has 3 aromatic rings. The first-order valence-corrected chi connectivity index (χ1v) is 10.4. The molecule has 2 aromatic heterocycles. The number of nitrogens with zero attached hydrogens (tertiary/aromatic N) is 2. The highest BCUT2D eigenvalue weighted by Gasteiger charge is 2.23. The number of thiophene rings is 1. The van der Waals surface area contributed by atoms with Crippen LogP contribution in [0, 0.1) is 5.82 Å². The van der Waals surface area contributed by atoms with Gasteiger partial charge in [-0.05, 0) is 56.4 Å². The Bertz CT molecular complexity index is 998. The van der Waals surface area contributed by atoms with Gasteiger partial charge in [0.05, 0.1) is 16.7 Å². The van der Waals surface area contributed by atoms with E-state index >= 15 is 0 Å². The number of aromatic nitrogens is 2. The molecule has 1 saturated carbocycles. The van der Waals surface area contributed by atoms with Gasteiger partial charge in [-0.2, -0.15) is 0 Å². The maximum Gasteiger partial charge on any atom is 0.360 e. The molecule has 1 aliphatic carbocycles. The van der Waals surface area contributed by atoms with Crippen molar-refractivity contribution in [2.75, 3.05) is 6.61 Å². The number of ether oxygens (including phenoxy) is 2. The molecule has 0 bridgehead atoms. The molecule has 146 valence electrons. The van der Waals surface area contributed by atoms with Crippen LogP contribution in [0.5, 0.6) is 5.88 Å². The van der Waals surface area contributed by atoms with Crippen molar-refractivity contribution >= 4 is 27.4 Å². The number of carbonyl (C=O) groups excluding carboxylic acids is 1. The molecule has 0 saturated heterocycles. The highest BCUT2D eigenvalue weighted by molar-refractivity contribution is 7.22. The van der Waals surface area contributed by atoms with Crippen LogP contribution in [0.3, 0.4) is 0 Å². The Labute approximate surface area is 166 Å². The Hall–Kier alpha value is -2.54. The number of hydrogen-bond donors (Lipinski definition) is 0. The second kappa shape index (κ2) is 8.22. The molecule has 0 unspecified atom stereocenters. The van der Waals surface area contributed by atoms with E-state index < -0.39 is 5.97 Å². The standard InChI is InChI=1S/C21H21FN2O3S/c1-2-26-21(25)18-19-16(12-17(28-19)13-7-6-8-14(22)11-13)20(24-23-18)27-15-9-4-3-5-10-15/h6-8,11-12,15H,2-5,9-10H2,1H3. The van der Waals surface area contributed by atoms with Crippen molar-refractivity contribution in [3.05, 3.63) is 41.8 Å². The second-order valence-corrected chi connectivity index (χ2v) is 7.87. The third-order valence-electron chi connectivity index (χ3n) is 4.83. The first-order valence-electron chi connectivity index (χ1n) is 9.55. The van der Waals surface area contributed by atoms with Crippen LogP contribution < -0.4 is 4.74 Å². The van der Waals surface area contributed by atoms with Crippen LogP contribution in [-0.4, -0.2) is 28.9 Å². The van der Waals surface area contributed by atoms with Crippen LogP contribution >= 0.6 is 11.3 Å². The van der Waals surface area contributed by atoms with E-state index in [2.05, 4.69) is 10.2 Å². The van der Waals surface area contributed by atoms with Crippen molar-refractivity contribution < 1.29 is 18.7 Å². The van der Waals surface area contributed by atoms with Crippen LogP contribution in [0.4, 0.5) is 4.39 Å². The van der Waals surface area contributed by atoms with Crippen molar-refractivity contribution in [1.29, 1.82) is 0 Å². The van der Waals surface area contributed by atoms with E-state index in [9.17, 15) is 9.18 Å². The number of benzene rings is 1. The first kappa shape index (κ1) is 18.8. The summed E-state index contributed by atoms with van der Waals surface area (Å²) in [6.45, 7) is 2.00. The van der Waals surface area contributed by atoms with Gasteiger partial charge >= 0.3 is 5.97 Å². The summed E-state index contributed by atoms with van der Waals surface area (Å²) < 4.78 is 25.6. The molecule has 0 N–H and O–H groups in total. The van der Waals surface area contributed by atoms with Crippen LogP contribution in [0.15, 0.2) is 30.3 Å². The minimum Gasteiger partial charge on any atom is -0.473 e. The summed E-state index contributed by atoms with van der Waals surface area (Å²) in [6, 6.07) is 8.26. The summed E-state index contributed by atoms with van der Waals surface area (Å²) in [5.74, 6) is -0.402. The monoisotopic (exact) mass is 400 g/mol. The molecule has 0 atom stereocenters. The Kier molecular flexibility index (Phi) is 5.52. The van der Waals surface area contributed by atoms with Gasteiger partial charge in [0.1, 0.15) is 11.9 Å². The van der Waals surface area contributed by atoms with Gasteiger partial charge in [-0.1, -0.05) is 18.6 Å². The minimum absolute atomic E-state index is 0.109. The lowest BCUT2D eigenvalue weighted by Crippen LogP contribution is -2.20. The lowest BCUT2D eigenvalue weighted by molar-refractivity contribution is 0.0520. The Morgan fingerprint density at radius 3 is 2.79 bits per heavy atom. The van der Waals surface area contributed by atoms with E-state index in [0.717, 1.165) is 36.1 Å². The van der Waals surface area contributed by atoms with Gasteiger partial charge in [-0.25, -0.2) is 9.18 Å². The summed E-state index contributed by atoms with van der Waals surface area (Å²) in [6.07, 6.45) is 5.59. The molecule has 28 heavy (non-hydrogen) atoms. The van der Waals surface area contributed by atoms with Gasteiger partial charge in [0, 0.05) is 4.88 Å². The molecule has 1 fully saturated rings. The molecule has 5 nitrogen and oxygen atoms in total. The van der Waals surface area contributed by atoms with Gasteiger partial charge in [0.15, 0.2) is 5.69 Å². The number of rotatable bonds is 5. The fourth-order valence-electron chi connectivity index (χ4n) is 3.47. The van der Waals surface area contributed by atoms with Crippen LogP contribution in [-0.2, 0) is 4.74 Å². The predicted octanol–water partition coefficient (Wildman–Crippen LogP) is 5.39. The summed E-state index contributed by atoms with van der Waals surface area (Å²) in [5.41, 5.74) is 0.903. The molecular formula is C21H21FN2O3S. The number of esters is 1.